The van der Waals surface area contributed by atoms with E-state index in [0.717, 1.165) is 24.5 Å². The average molecular weight is 226 g/mol. The van der Waals surface area contributed by atoms with Gasteiger partial charge in [0.25, 0.3) is 0 Å². The third kappa shape index (κ3) is 2.45. The van der Waals surface area contributed by atoms with Crippen LogP contribution in [0.2, 0.25) is 0 Å². The van der Waals surface area contributed by atoms with Gasteiger partial charge in [0.1, 0.15) is 0 Å². The van der Waals surface area contributed by atoms with Crippen molar-refractivity contribution in [2.75, 3.05) is 32.4 Å². The van der Waals surface area contributed by atoms with Crippen LogP contribution in [0.25, 0.3) is 0 Å². The molecule has 1 fully saturated rings. The first-order valence-electron chi connectivity index (χ1n) is 4.81. The van der Waals surface area contributed by atoms with E-state index < -0.39 is 0 Å². The van der Waals surface area contributed by atoms with Crippen molar-refractivity contribution in [3.63, 3.8) is 0 Å². The van der Waals surface area contributed by atoms with E-state index in [1.165, 1.54) is 11.3 Å². The summed E-state index contributed by atoms with van der Waals surface area (Å²) < 4.78 is 0. The Bertz CT molecular complexity index is 365. The Hall–Kier alpha value is -1.14. The van der Waals surface area contributed by atoms with Gasteiger partial charge in [0.05, 0.1) is 6.54 Å². The van der Waals surface area contributed by atoms with E-state index >= 15 is 0 Å². The minimum absolute atomic E-state index is 0.179. The Morgan fingerprint density at radius 2 is 2.40 bits per heavy atom. The minimum atomic E-state index is 0.179. The number of aromatic nitrogens is 1. The van der Waals surface area contributed by atoms with Crippen LogP contribution in [0, 0.1) is 0 Å². The largest absolute Gasteiger partial charge is 0.375 e. The molecule has 2 rings (SSSR count). The molecule has 15 heavy (non-hydrogen) atoms. The number of rotatable bonds is 2. The van der Waals surface area contributed by atoms with Crippen LogP contribution >= 0.6 is 11.3 Å². The van der Waals surface area contributed by atoms with Gasteiger partial charge in [-0.1, -0.05) is 0 Å². The number of thiazole rings is 1. The lowest BCUT2D eigenvalue weighted by molar-refractivity contribution is -0.134. The highest BCUT2D eigenvalue weighted by Gasteiger charge is 2.21. The van der Waals surface area contributed by atoms with Gasteiger partial charge in [-0.25, -0.2) is 4.98 Å². The number of nitrogens with two attached hydrogens (primary N) is 1. The van der Waals surface area contributed by atoms with Gasteiger partial charge in [-0.15, -0.1) is 11.3 Å². The first-order chi connectivity index (χ1) is 7.15. The molecule has 82 valence electrons. The second-order valence-corrected chi connectivity index (χ2v) is 4.84. The van der Waals surface area contributed by atoms with Crippen molar-refractivity contribution < 1.29 is 4.79 Å². The number of anilines is 1. The standard InChI is InChI=1S/C9H14N4OS/c1-12-2-3-13(6-8(12)14)5-7-4-11-9(10)15-7/h4H,2-3,5-6H2,1H3,(H2,10,11). The van der Waals surface area contributed by atoms with Crippen LogP contribution in [0.3, 0.4) is 0 Å². The number of likely N-dealkylation sites (N-methyl/N-ethyl adjacent to an activating group) is 1. The lowest BCUT2D eigenvalue weighted by Gasteiger charge is -2.31. The smallest absolute Gasteiger partial charge is 0.236 e. The molecule has 2 N–H and O–H groups in total. The van der Waals surface area contributed by atoms with Crippen LogP contribution in [0.5, 0.6) is 0 Å². The van der Waals surface area contributed by atoms with Crippen LogP contribution in [0.15, 0.2) is 6.20 Å². The van der Waals surface area contributed by atoms with E-state index in [9.17, 15) is 4.79 Å². The normalized spacial score (nSPS) is 18.5. The molecule has 0 bridgehead atoms. The molecule has 1 aromatic heterocycles. The van der Waals surface area contributed by atoms with E-state index in [-0.39, 0.29) is 5.91 Å². The van der Waals surface area contributed by atoms with Crippen molar-refractivity contribution in [1.82, 2.24) is 14.8 Å². The molecule has 1 amide bonds. The van der Waals surface area contributed by atoms with Crippen LogP contribution in [0.4, 0.5) is 5.13 Å². The number of nitrogens with zero attached hydrogens (tertiary/aromatic N) is 3. The molecule has 6 heteroatoms. The molecule has 0 unspecified atom stereocenters. The topological polar surface area (TPSA) is 62.5 Å². The van der Waals surface area contributed by atoms with Crippen molar-refractivity contribution in [2.45, 2.75) is 6.54 Å². The van der Waals surface area contributed by atoms with E-state index in [0.29, 0.717) is 11.7 Å². The molecular weight excluding hydrogens is 212 g/mol. The zero-order valence-corrected chi connectivity index (χ0v) is 9.46. The first-order valence-corrected chi connectivity index (χ1v) is 5.63. The highest BCUT2D eigenvalue weighted by molar-refractivity contribution is 7.15. The highest BCUT2D eigenvalue weighted by atomic mass is 32.1. The number of piperazine rings is 1. The quantitative estimate of drug-likeness (QED) is 0.771. The fraction of sp³-hybridized carbons (Fsp3) is 0.556. The summed E-state index contributed by atoms with van der Waals surface area (Å²) in [5, 5.41) is 0.588. The molecule has 0 radical (unpaired) electrons. The van der Waals surface area contributed by atoms with E-state index in [1.807, 2.05) is 7.05 Å². The summed E-state index contributed by atoms with van der Waals surface area (Å²) in [7, 11) is 1.84. The van der Waals surface area contributed by atoms with E-state index in [4.69, 9.17) is 5.73 Å². The number of nitrogen functional groups attached to an aromatic ring is 1. The van der Waals surface area contributed by atoms with Gasteiger partial charge in [-0.2, -0.15) is 0 Å². The molecule has 1 aromatic rings. The molecule has 0 spiro atoms. The Morgan fingerprint density at radius 1 is 1.60 bits per heavy atom. The summed E-state index contributed by atoms with van der Waals surface area (Å²) in [6, 6.07) is 0. The molecular formula is C9H14N4OS. The molecule has 1 saturated heterocycles. The fourth-order valence-electron chi connectivity index (χ4n) is 1.56. The molecule has 5 nitrogen and oxygen atoms in total. The summed E-state index contributed by atoms with van der Waals surface area (Å²) >= 11 is 1.48. The van der Waals surface area contributed by atoms with Gasteiger partial charge < -0.3 is 10.6 Å². The fourth-order valence-corrected chi connectivity index (χ4v) is 2.28. The number of hydrogen-bond donors (Lipinski definition) is 1. The molecule has 2 heterocycles. The first kappa shape index (κ1) is 10.4. The van der Waals surface area contributed by atoms with Gasteiger partial charge >= 0.3 is 0 Å². The lowest BCUT2D eigenvalue weighted by atomic mass is 10.3. The maximum Gasteiger partial charge on any atom is 0.236 e. The molecule has 0 aliphatic carbocycles. The third-order valence-corrected chi connectivity index (χ3v) is 3.30. The lowest BCUT2D eigenvalue weighted by Crippen LogP contribution is -2.47. The van der Waals surface area contributed by atoms with Gasteiger partial charge in [0.2, 0.25) is 5.91 Å². The monoisotopic (exact) mass is 226 g/mol. The van der Waals surface area contributed by atoms with Gasteiger partial charge in [-0.3, -0.25) is 9.69 Å². The van der Waals surface area contributed by atoms with Crippen LogP contribution in [-0.2, 0) is 11.3 Å². The number of hydrogen-bond acceptors (Lipinski definition) is 5. The van der Waals surface area contributed by atoms with Gasteiger partial charge in [-0.05, 0) is 0 Å². The number of carbonyl (C=O) groups excluding carboxylic acids is 1. The Balaban J connectivity index is 1.93. The zero-order valence-electron chi connectivity index (χ0n) is 8.64. The molecule has 1 aliphatic rings. The predicted octanol–water partition coefficient (Wildman–Crippen LogP) is -0.000700. The van der Waals surface area contributed by atoms with E-state index in [2.05, 4.69) is 9.88 Å². The summed E-state index contributed by atoms with van der Waals surface area (Å²) in [5.41, 5.74) is 5.55. The van der Waals surface area contributed by atoms with E-state index in [1.54, 1.807) is 11.1 Å². The predicted molar refractivity (Wildman–Crippen MR) is 59.4 cm³/mol. The van der Waals surface area contributed by atoms with Gasteiger partial charge in [0, 0.05) is 37.8 Å². The zero-order chi connectivity index (χ0) is 10.8. The minimum Gasteiger partial charge on any atom is -0.375 e. The summed E-state index contributed by atoms with van der Waals surface area (Å²) in [6.07, 6.45) is 1.78. The Morgan fingerprint density at radius 3 is 3.00 bits per heavy atom. The summed E-state index contributed by atoms with van der Waals surface area (Å²) in [6.45, 7) is 2.98. The molecule has 0 saturated carbocycles. The Labute approximate surface area is 92.5 Å². The van der Waals surface area contributed by atoms with Crippen molar-refractivity contribution in [1.29, 1.82) is 0 Å². The summed E-state index contributed by atoms with van der Waals surface area (Å²) in [4.78, 5) is 20.4. The second kappa shape index (κ2) is 4.16. The van der Waals surface area contributed by atoms with Crippen LogP contribution < -0.4 is 5.73 Å². The summed E-state index contributed by atoms with van der Waals surface area (Å²) in [5.74, 6) is 0.179. The number of carbonyl (C=O) groups is 1. The van der Waals surface area contributed by atoms with Crippen molar-refractivity contribution >= 4 is 22.4 Å². The van der Waals surface area contributed by atoms with Crippen molar-refractivity contribution in [3.8, 4) is 0 Å². The third-order valence-electron chi connectivity index (χ3n) is 2.49. The van der Waals surface area contributed by atoms with Crippen molar-refractivity contribution in [2.24, 2.45) is 0 Å². The maximum atomic E-state index is 11.4. The SMILES string of the molecule is CN1CCN(Cc2cnc(N)s2)CC1=O. The van der Waals surface area contributed by atoms with Crippen LogP contribution in [-0.4, -0.2) is 47.4 Å². The van der Waals surface area contributed by atoms with Crippen molar-refractivity contribution in [3.05, 3.63) is 11.1 Å². The molecule has 1 aliphatic heterocycles. The van der Waals surface area contributed by atoms with Crippen LogP contribution in [0.1, 0.15) is 4.88 Å². The molecule has 0 aromatic carbocycles. The number of amides is 1. The second-order valence-electron chi connectivity index (χ2n) is 3.69. The molecule has 0 atom stereocenters. The average Bonchev–Trinajstić information content (AvgIpc) is 2.58. The van der Waals surface area contributed by atoms with Gasteiger partial charge in [0.15, 0.2) is 5.13 Å². The Kier molecular flexibility index (Phi) is 2.88. The highest BCUT2D eigenvalue weighted by Crippen LogP contribution is 2.17. The maximum absolute atomic E-state index is 11.4.